The van der Waals surface area contributed by atoms with Crippen LogP contribution in [0.25, 0.3) is 0 Å². The fourth-order valence-electron chi connectivity index (χ4n) is 6.74. The highest BCUT2D eigenvalue weighted by atomic mass is 35.5. The summed E-state index contributed by atoms with van der Waals surface area (Å²) in [5.74, 6) is 0. The van der Waals surface area contributed by atoms with Crippen LogP contribution in [0.15, 0.2) is 84.9 Å². The number of hydrogen-bond acceptors (Lipinski definition) is 12. The summed E-state index contributed by atoms with van der Waals surface area (Å²) in [4.78, 5) is 40.8. The van der Waals surface area contributed by atoms with Crippen molar-refractivity contribution in [2.75, 3.05) is 49.1 Å². The van der Waals surface area contributed by atoms with Gasteiger partial charge < -0.3 is 39.0 Å². The molecule has 2 saturated heterocycles. The largest absolute Gasteiger partial charge is 0.519 e. The van der Waals surface area contributed by atoms with Crippen LogP contribution < -0.4 is 15.1 Å². The van der Waals surface area contributed by atoms with Crippen LogP contribution in [-0.2, 0) is 18.9 Å². The molecule has 17 heteroatoms. The lowest BCUT2D eigenvalue weighted by Crippen LogP contribution is -2.51. The summed E-state index contributed by atoms with van der Waals surface area (Å²) in [6.07, 6.45) is -2.45. The number of halogens is 4. The number of piperazine rings is 2. The lowest BCUT2D eigenvalue weighted by Gasteiger charge is -2.43. The summed E-state index contributed by atoms with van der Waals surface area (Å²) in [5.41, 5.74) is 3.14. The number of rotatable bonds is 4. The second-order valence-electron chi connectivity index (χ2n) is 18.2. The SMILES string of the molecule is CC(C)(C)OC(=O)N1CCN(c2ccc(C#N)cc2Cl)[C@H](c2ccc(Cl)cc2)C1.CC(C)(C)OC(=O)OC(=O)OC(C)(C)C.N#Cc1ccc(N2CCNC[C@H]2c2ccc(Cl)cc2)c(Cl)c1. The zero-order chi connectivity index (χ0) is 49.0. The highest BCUT2D eigenvalue weighted by Crippen LogP contribution is 2.37. The number of nitriles is 2. The molecule has 1 amide bonds. The van der Waals surface area contributed by atoms with Crippen molar-refractivity contribution in [1.29, 1.82) is 10.5 Å². The molecule has 0 bridgehead atoms. The van der Waals surface area contributed by atoms with Gasteiger partial charge in [0.1, 0.15) is 16.8 Å². The number of hydrogen-bond donors (Lipinski definition) is 1. The van der Waals surface area contributed by atoms with Gasteiger partial charge >= 0.3 is 18.4 Å². The molecule has 352 valence electrons. The standard InChI is InChI=1S/C22H23Cl2N3O2.C17H15Cl2N3.C10H18O5/c1-22(2,3)29-21(28)26-10-11-27(19-9-4-15(13-25)12-18(19)24)20(14-26)16-5-7-17(23)8-6-16;18-14-4-2-13(3-5-14)17-11-21-7-8-22(17)16-6-1-12(10-20)9-15(16)19;1-9(2,3)14-7(11)13-8(12)15-10(4,5)6/h4-9,12,20H,10-11,14H2,1-3H3;1-6,9,17,21H,7-8,11H2;1-6H3/t20-;17-;/m00./s1. The molecule has 0 aliphatic carbocycles. The van der Waals surface area contributed by atoms with E-state index in [-0.39, 0.29) is 18.2 Å². The van der Waals surface area contributed by atoms with Crippen LogP contribution in [-0.4, -0.2) is 79.4 Å². The van der Waals surface area contributed by atoms with E-state index in [2.05, 4.69) is 32.0 Å². The van der Waals surface area contributed by atoms with Gasteiger partial charge in [-0.15, -0.1) is 0 Å². The Hall–Kier alpha value is -5.41. The smallest absolute Gasteiger partial charge is 0.444 e. The molecule has 4 aromatic carbocycles. The lowest BCUT2D eigenvalue weighted by molar-refractivity contribution is -0.0294. The van der Waals surface area contributed by atoms with E-state index in [0.29, 0.717) is 45.8 Å². The van der Waals surface area contributed by atoms with Gasteiger partial charge in [0.25, 0.3) is 0 Å². The molecule has 13 nitrogen and oxygen atoms in total. The molecule has 0 unspecified atom stereocenters. The zero-order valence-corrected chi connectivity index (χ0v) is 41.6. The number of benzene rings is 4. The maximum absolute atomic E-state index is 12.6. The fourth-order valence-corrected chi connectivity index (χ4v) is 7.57. The molecule has 2 fully saturated rings. The van der Waals surface area contributed by atoms with Crippen molar-refractivity contribution in [2.45, 2.75) is 91.2 Å². The number of anilines is 2. The highest BCUT2D eigenvalue weighted by molar-refractivity contribution is 6.34. The predicted octanol–water partition coefficient (Wildman–Crippen LogP) is 12.6. The number of carbonyl (C=O) groups is 3. The van der Waals surface area contributed by atoms with E-state index in [9.17, 15) is 14.4 Å². The van der Waals surface area contributed by atoms with Gasteiger partial charge in [0, 0.05) is 49.3 Å². The summed E-state index contributed by atoms with van der Waals surface area (Å²) >= 11 is 24.9. The Labute approximate surface area is 407 Å². The maximum Gasteiger partial charge on any atom is 0.519 e. The van der Waals surface area contributed by atoms with Gasteiger partial charge in [-0.2, -0.15) is 10.5 Å². The van der Waals surface area contributed by atoms with E-state index < -0.39 is 29.1 Å². The highest BCUT2D eigenvalue weighted by Gasteiger charge is 2.34. The molecule has 4 aromatic rings. The van der Waals surface area contributed by atoms with Gasteiger partial charge in [-0.3, -0.25) is 0 Å². The number of nitrogens with one attached hydrogen (secondary N) is 1. The van der Waals surface area contributed by atoms with Crippen LogP contribution in [0.2, 0.25) is 20.1 Å². The minimum atomic E-state index is -1.06. The Morgan fingerprint density at radius 3 is 1.42 bits per heavy atom. The molecule has 0 saturated carbocycles. The maximum atomic E-state index is 12.6. The fraction of sp³-hybridized carbons (Fsp3) is 0.408. The van der Waals surface area contributed by atoms with E-state index in [4.69, 9.17) is 71.1 Å². The summed E-state index contributed by atoms with van der Waals surface area (Å²) in [5, 5.41) is 24.0. The predicted molar refractivity (Wildman–Crippen MR) is 260 cm³/mol. The molecule has 2 atom stereocenters. The van der Waals surface area contributed by atoms with Gasteiger partial charge in [0.2, 0.25) is 0 Å². The molecule has 2 aliphatic heterocycles. The third-order valence-electron chi connectivity index (χ3n) is 9.50. The Bertz CT molecular complexity index is 2360. The van der Waals surface area contributed by atoms with E-state index in [1.807, 2.05) is 87.5 Å². The molecule has 66 heavy (non-hydrogen) atoms. The average Bonchev–Trinajstić information content (AvgIpc) is 3.22. The second-order valence-corrected chi connectivity index (χ2v) is 19.9. The zero-order valence-electron chi connectivity index (χ0n) is 38.6. The summed E-state index contributed by atoms with van der Waals surface area (Å²) in [7, 11) is 0. The first-order valence-electron chi connectivity index (χ1n) is 21.1. The number of amides is 1. The molecule has 0 spiro atoms. The second kappa shape index (κ2) is 23.4. The van der Waals surface area contributed by atoms with E-state index >= 15 is 0 Å². The first-order valence-corrected chi connectivity index (χ1v) is 22.6. The number of carbonyl (C=O) groups excluding carboxylic acids is 3. The third kappa shape index (κ3) is 16.8. The Morgan fingerprint density at radius 2 is 1.02 bits per heavy atom. The van der Waals surface area contributed by atoms with Crippen molar-refractivity contribution in [1.82, 2.24) is 10.2 Å². The summed E-state index contributed by atoms with van der Waals surface area (Å²) in [6, 6.07) is 30.5. The Balaban J connectivity index is 0.000000229. The van der Waals surface area contributed by atoms with Gasteiger partial charge in [-0.25, -0.2) is 14.4 Å². The van der Waals surface area contributed by atoms with E-state index in [1.165, 1.54) is 5.56 Å². The van der Waals surface area contributed by atoms with Crippen LogP contribution in [0.4, 0.5) is 25.8 Å². The van der Waals surface area contributed by atoms with Crippen molar-refractivity contribution in [3.05, 3.63) is 127 Å². The van der Waals surface area contributed by atoms with E-state index in [0.717, 1.165) is 41.6 Å². The molecule has 0 aromatic heterocycles. The first-order chi connectivity index (χ1) is 30.9. The van der Waals surface area contributed by atoms with Crippen LogP contribution in [0.5, 0.6) is 0 Å². The van der Waals surface area contributed by atoms with Crippen LogP contribution >= 0.6 is 46.4 Å². The van der Waals surface area contributed by atoms with Crippen molar-refractivity contribution in [3.63, 3.8) is 0 Å². The van der Waals surface area contributed by atoms with Gasteiger partial charge in [0.05, 0.1) is 56.8 Å². The summed E-state index contributed by atoms with van der Waals surface area (Å²) in [6.45, 7) is 19.7. The van der Waals surface area contributed by atoms with Gasteiger partial charge in [0.15, 0.2) is 0 Å². The van der Waals surface area contributed by atoms with Gasteiger partial charge in [-0.1, -0.05) is 70.7 Å². The Kier molecular flexibility index (Phi) is 18.8. The van der Waals surface area contributed by atoms with Crippen molar-refractivity contribution in [3.8, 4) is 12.1 Å². The van der Waals surface area contributed by atoms with Crippen molar-refractivity contribution < 1.29 is 33.3 Å². The topological polar surface area (TPSA) is 157 Å². The monoisotopic (exact) mass is 980 g/mol. The molecule has 2 aliphatic rings. The Morgan fingerprint density at radius 1 is 0.591 bits per heavy atom. The molecule has 2 heterocycles. The minimum absolute atomic E-state index is 0.126. The molecule has 1 N–H and O–H groups in total. The van der Waals surface area contributed by atoms with Crippen molar-refractivity contribution in [2.24, 2.45) is 0 Å². The minimum Gasteiger partial charge on any atom is -0.444 e. The summed E-state index contributed by atoms with van der Waals surface area (Å²) < 4.78 is 19.4. The number of nitrogens with zero attached hydrogens (tertiary/aromatic N) is 5. The normalized spacial score (nSPS) is 16.2. The van der Waals surface area contributed by atoms with Crippen LogP contribution in [0.3, 0.4) is 0 Å². The van der Waals surface area contributed by atoms with Crippen molar-refractivity contribution >= 4 is 76.2 Å². The third-order valence-corrected chi connectivity index (χ3v) is 10.6. The first kappa shape index (κ1) is 53.2. The van der Waals surface area contributed by atoms with E-state index in [1.54, 1.807) is 64.6 Å². The molecular formula is C49H56Cl4N6O7. The molecule has 0 radical (unpaired) electrons. The van der Waals surface area contributed by atoms with Crippen LogP contribution in [0.1, 0.15) is 96.7 Å². The van der Waals surface area contributed by atoms with Gasteiger partial charge in [-0.05, 0) is 134 Å². The average molecular weight is 983 g/mol. The lowest BCUT2D eigenvalue weighted by atomic mass is 10.0. The molecule has 6 rings (SSSR count). The number of ether oxygens (including phenoxy) is 4. The molecular weight excluding hydrogens is 926 g/mol. The quantitative estimate of drug-likeness (QED) is 0.117. The van der Waals surface area contributed by atoms with Crippen LogP contribution in [0, 0.1) is 22.7 Å².